The van der Waals surface area contributed by atoms with E-state index in [1.165, 1.54) is 19.3 Å². The van der Waals surface area contributed by atoms with Crippen LogP contribution in [0, 0.1) is 5.92 Å². The number of halogens is 2. The van der Waals surface area contributed by atoms with Crippen molar-refractivity contribution in [1.29, 1.82) is 0 Å². The van der Waals surface area contributed by atoms with Crippen molar-refractivity contribution in [2.24, 2.45) is 5.92 Å². The summed E-state index contributed by atoms with van der Waals surface area (Å²) in [4.78, 5) is 0. The second-order valence-corrected chi connectivity index (χ2v) is 7.81. The molecular formula is C11H21Cl2N2O2P. The van der Waals surface area contributed by atoms with Crippen LogP contribution < -0.4 is 5.09 Å². The van der Waals surface area contributed by atoms with Gasteiger partial charge in [0, 0.05) is 30.9 Å². The van der Waals surface area contributed by atoms with Gasteiger partial charge in [0.25, 0.3) is 0 Å². The van der Waals surface area contributed by atoms with Gasteiger partial charge in [-0.05, 0) is 18.8 Å². The van der Waals surface area contributed by atoms with E-state index in [1.807, 2.05) is 0 Å². The second kappa shape index (κ2) is 6.92. The number of rotatable bonds is 5. The molecule has 0 bridgehead atoms. The Morgan fingerprint density at radius 2 is 1.89 bits per heavy atom. The third-order valence-electron chi connectivity index (χ3n) is 3.76. The SMILES string of the molecule is O=[P@@]1(N(CCCl)CCCl)N[C@@H]2CCCC[C@@H]2CO1. The third kappa shape index (κ3) is 3.41. The van der Waals surface area contributed by atoms with Crippen LogP contribution in [0.1, 0.15) is 25.7 Å². The van der Waals surface area contributed by atoms with Crippen molar-refractivity contribution < 1.29 is 9.09 Å². The predicted octanol–water partition coefficient (Wildman–Crippen LogP) is 3.05. The first-order chi connectivity index (χ1) is 8.69. The molecule has 1 saturated heterocycles. The van der Waals surface area contributed by atoms with Crippen molar-refractivity contribution in [2.45, 2.75) is 31.7 Å². The molecule has 2 fully saturated rings. The minimum absolute atomic E-state index is 0.325. The van der Waals surface area contributed by atoms with Gasteiger partial charge < -0.3 is 4.52 Å². The number of fused-ring (bicyclic) bond motifs is 1. The molecule has 1 N–H and O–H groups in total. The van der Waals surface area contributed by atoms with Gasteiger partial charge in [-0.2, -0.15) is 0 Å². The molecule has 0 unspecified atom stereocenters. The molecule has 0 amide bonds. The quantitative estimate of drug-likeness (QED) is 0.625. The Morgan fingerprint density at radius 1 is 1.22 bits per heavy atom. The fourth-order valence-electron chi connectivity index (χ4n) is 2.75. The van der Waals surface area contributed by atoms with Gasteiger partial charge in [0.2, 0.25) is 0 Å². The van der Waals surface area contributed by atoms with Crippen LogP contribution in [0.25, 0.3) is 0 Å². The van der Waals surface area contributed by atoms with Crippen LogP contribution in [0.4, 0.5) is 0 Å². The van der Waals surface area contributed by atoms with E-state index in [2.05, 4.69) is 5.09 Å². The first-order valence-electron chi connectivity index (χ1n) is 6.59. The smallest absolute Gasteiger partial charge is 0.306 e. The molecule has 1 aliphatic carbocycles. The first-order valence-corrected chi connectivity index (χ1v) is 9.24. The minimum Gasteiger partial charge on any atom is -0.306 e. The monoisotopic (exact) mass is 314 g/mol. The Balaban J connectivity index is 2.03. The molecule has 18 heavy (non-hydrogen) atoms. The Hall–Kier alpha value is 0.690. The fraction of sp³-hybridized carbons (Fsp3) is 1.00. The normalized spacial score (nSPS) is 36.6. The third-order valence-corrected chi connectivity index (χ3v) is 6.40. The minimum atomic E-state index is -2.93. The lowest BCUT2D eigenvalue weighted by atomic mass is 9.86. The van der Waals surface area contributed by atoms with Crippen LogP contribution in [0.5, 0.6) is 0 Å². The topological polar surface area (TPSA) is 41.6 Å². The van der Waals surface area contributed by atoms with Gasteiger partial charge >= 0.3 is 7.67 Å². The van der Waals surface area contributed by atoms with Crippen molar-refractivity contribution in [2.75, 3.05) is 31.5 Å². The van der Waals surface area contributed by atoms with E-state index in [4.69, 9.17) is 27.7 Å². The Bertz CT molecular complexity index is 313. The van der Waals surface area contributed by atoms with Crippen LogP contribution >= 0.6 is 30.9 Å². The van der Waals surface area contributed by atoms with Crippen molar-refractivity contribution >= 4 is 30.9 Å². The number of nitrogens with zero attached hydrogens (tertiary/aromatic N) is 1. The Kier molecular flexibility index (Phi) is 5.80. The molecule has 4 nitrogen and oxygen atoms in total. The summed E-state index contributed by atoms with van der Waals surface area (Å²) in [7, 11) is -2.93. The van der Waals surface area contributed by atoms with Crippen molar-refractivity contribution in [3.8, 4) is 0 Å². The maximum atomic E-state index is 12.8. The van der Waals surface area contributed by atoms with E-state index in [1.54, 1.807) is 4.67 Å². The average molecular weight is 315 g/mol. The number of alkyl halides is 2. The highest BCUT2D eigenvalue weighted by molar-refractivity contribution is 7.54. The predicted molar refractivity (Wildman–Crippen MR) is 75.5 cm³/mol. The summed E-state index contributed by atoms with van der Waals surface area (Å²) >= 11 is 11.5. The molecule has 2 aliphatic rings. The lowest BCUT2D eigenvalue weighted by Crippen LogP contribution is -2.47. The van der Waals surface area contributed by atoms with Gasteiger partial charge in [0.15, 0.2) is 0 Å². The largest absolute Gasteiger partial charge is 0.343 e. The van der Waals surface area contributed by atoms with E-state index in [0.717, 1.165) is 6.42 Å². The second-order valence-electron chi connectivity index (χ2n) is 4.93. The molecule has 0 radical (unpaired) electrons. The highest BCUT2D eigenvalue weighted by Crippen LogP contribution is 2.52. The fourth-order valence-corrected chi connectivity index (χ4v) is 5.68. The molecule has 1 heterocycles. The summed E-state index contributed by atoms with van der Waals surface area (Å²) in [6.45, 7) is 1.67. The molecule has 1 saturated carbocycles. The van der Waals surface area contributed by atoms with Gasteiger partial charge in [-0.1, -0.05) is 12.8 Å². The number of nitrogens with one attached hydrogen (secondary N) is 1. The van der Waals surface area contributed by atoms with Crippen LogP contribution in [-0.2, 0) is 9.09 Å². The highest BCUT2D eigenvalue weighted by atomic mass is 35.5. The van der Waals surface area contributed by atoms with Crippen LogP contribution in [0.2, 0.25) is 0 Å². The van der Waals surface area contributed by atoms with Gasteiger partial charge in [-0.25, -0.2) is 9.76 Å². The molecule has 1 aliphatic heterocycles. The molecule has 2 rings (SSSR count). The summed E-state index contributed by atoms with van der Waals surface area (Å²) in [6.07, 6.45) is 4.72. The van der Waals surface area contributed by atoms with E-state index >= 15 is 0 Å². The van der Waals surface area contributed by atoms with E-state index in [9.17, 15) is 4.57 Å². The molecular weight excluding hydrogens is 294 g/mol. The molecule has 0 aromatic rings. The number of hydrogen-bond donors (Lipinski definition) is 1. The van der Waals surface area contributed by atoms with E-state index in [0.29, 0.717) is 43.4 Å². The lowest BCUT2D eigenvalue weighted by molar-refractivity contribution is 0.126. The Morgan fingerprint density at radius 3 is 2.56 bits per heavy atom. The van der Waals surface area contributed by atoms with E-state index in [-0.39, 0.29) is 0 Å². The summed E-state index contributed by atoms with van der Waals surface area (Å²) in [5, 5.41) is 3.24. The zero-order valence-electron chi connectivity index (χ0n) is 10.5. The maximum absolute atomic E-state index is 12.8. The summed E-state index contributed by atoms with van der Waals surface area (Å²) in [5.41, 5.74) is 0. The lowest BCUT2D eigenvalue weighted by Gasteiger charge is -2.43. The van der Waals surface area contributed by atoms with Gasteiger partial charge in [-0.3, -0.25) is 4.57 Å². The summed E-state index contributed by atoms with van der Waals surface area (Å²) in [5.74, 6) is 1.37. The summed E-state index contributed by atoms with van der Waals surface area (Å²) < 4.78 is 20.3. The molecule has 7 heteroatoms. The van der Waals surface area contributed by atoms with Crippen molar-refractivity contribution in [1.82, 2.24) is 9.76 Å². The number of hydrogen-bond acceptors (Lipinski definition) is 2. The zero-order chi connectivity index (χ0) is 13.0. The molecule has 106 valence electrons. The van der Waals surface area contributed by atoms with Crippen LogP contribution in [0.15, 0.2) is 0 Å². The van der Waals surface area contributed by atoms with Crippen LogP contribution in [-0.4, -0.2) is 42.2 Å². The van der Waals surface area contributed by atoms with E-state index < -0.39 is 7.67 Å². The highest BCUT2D eigenvalue weighted by Gasteiger charge is 2.42. The molecule has 0 aromatic carbocycles. The van der Waals surface area contributed by atoms with Crippen molar-refractivity contribution in [3.63, 3.8) is 0 Å². The standard InChI is InChI=1S/C11H21Cl2N2O2P/c12-5-7-15(8-6-13)18(16)14-11-4-2-1-3-10(11)9-17-18/h10-11H,1-9H2,(H,14,16)/t10-,11-,18+/m1/s1. The molecule has 0 spiro atoms. The average Bonchev–Trinajstić information content (AvgIpc) is 2.38. The van der Waals surface area contributed by atoms with Gasteiger partial charge in [-0.15, -0.1) is 23.2 Å². The van der Waals surface area contributed by atoms with Crippen molar-refractivity contribution in [3.05, 3.63) is 0 Å². The zero-order valence-corrected chi connectivity index (χ0v) is 12.9. The van der Waals surface area contributed by atoms with Crippen LogP contribution in [0.3, 0.4) is 0 Å². The van der Waals surface area contributed by atoms with Gasteiger partial charge in [0.1, 0.15) is 0 Å². The summed E-state index contributed by atoms with van der Waals surface area (Å²) in [6, 6.07) is 0.325. The molecule has 3 atom stereocenters. The van der Waals surface area contributed by atoms with Gasteiger partial charge in [0.05, 0.1) is 6.61 Å². The first kappa shape index (κ1) is 15.1. The molecule has 0 aromatic heterocycles. The Labute approximate surface area is 119 Å². The maximum Gasteiger partial charge on any atom is 0.343 e.